The van der Waals surface area contributed by atoms with Crippen LogP contribution in [0, 0.1) is 0 Å². The first kappa shape index (κ1) is 13.4. The molecule has 3 heteroatoms. The van der Waals surface area contributed by atoms with Crippen molar-refractivity contribution in [3.8, 4) is 0 Å². The maximum Gasteiger partial charge on any atom is 0.141 e. The fourth-order valence-electron chi connectivity index (χ4n) is 1.87. The molecular weight excluding hydrogens is 212 g/mol. The van der Waals surface area contributed by atoms with Crippen molar-refractivity contribution in [3.63, 3.8) is 0 Å². The fourth-order valence-corrected chi connectivity index (χ4v) is 4.03. The third-order valence-corrected chi connectivity index (χ3v) is 5.75. The van der Waals surface area contributed by atoms with E-state index in [-0.39, 0.29) is 0 Å². The molecular formula is C13H24N2Si. The van der Waals surface area contributed by atoms with Crippen LogP contribution >= 0.6 is 0 Å². The van der Waals surface area contributed by atoms with Gasteiger partial charge in [-0.15, -0.1) is 0 Å². The van der Waals surface area contributed by atoms with Crippen molar-refractivity contribution in [3.05, 3.63) is 30.3 Å². The van der Waals surface area contributed by atoms with Gasteiger partial charge in [0.15, 0.2) is 0 Å². The Morgan fingerprint density at radius 1 is 1.06 bits per heavy atom. The molecule has 1 rings (SSSR count). The number of benzene rings is 1. The lowest BCUT2D eigenvalue weighted by atomic mass is 10.4. The smallest absolute Gasteiger partial charge is 0.141 e. The second-order valence-corrected chi connectivity index (χ2v) is 7.03. The molecule has 0 radical (unpaired) electrons. The van der Waals surface area contributed by atoms with Crippen LogP contribution in [0.25, 0.3) is 0 Å². The van der Waals surface area contributed by atoms with E-state index < -0.39 is 8.96 Å². The van der Waals surface area contributed by atoms with E-state index >= 15 is 0 Å². The summed E-state index contributed by atoms with van der Waals surface area (Å²) in [6.07, 6.45) is 0. The lowest BCUT2D eigenvalue weighted by molar-refractivity contribution is 0.300. The maximum absolute atomic E-state index is 3.75. The average molecular weight is 236 g/mol. The van der Waals surface area contributed by atoms with Gasteiger partial charge in [0.2, 0.25) is 0 Å². The maximum atomic E-state index is 3.75. The van der Waals surface area contributed by atoms with E-state index in [0.29, 0.717) is 0 Å². The Balaban J connectivity index is 2.50. The van der Waals surface area contributed by atoms with Crippen LogP contribution in [0.15, 0.2) is 30.3 Å². The van der Waals surface area contributed by atoms with Crippen molar-refractivity contribution < 1.29 is 0 Å². The van der Waals surface area contributed by atoms with Gasteiger partial charge in [0.25, 0.3) is 0 Å². The molecule has 0 saturated carbocycles. The molecule has 0 aliphatic rings. The van der Waals surface area contributed by atoms with Gasteiger partial charge in [-0.05, 0) is 24.3 Å². The van der Waals surface area contributed by atoms with E-state index in [0.717, 1.165) is 19.8 Å². The topological polar surface area (TPSA) is 15.3 Å². The molecule has 0 fully saturated rings. The molecule has 16 heavy (non-hydrogen) atoms. The summed E-state index contributed by atoms with van der Waals surface area (Å²) in [6.45, 7) is 10.0. The summed E-state index contributed by atoms with van der Waals surface area (Å²) in [5, 5.41) is 1.53. The van der Waals surface area contributed by atoms with Crippen LogP contribution in [0.2, 0.25) is 6.04 Å². The quantitative estimate of drug-likeness (QED) is 0.570. The second-order valence-electron chi connectivity index (χ2n) is 4.04. The van der Waals surface area contributed by atoms with Crippen LogP contribution in [0.4, 0.5) is 0 Å². The van der Waals surface area contributed by atoms with Crippen molar-refractivity contribution in [1.82, 2.24) is 9.88 Å². The predicted octanol–water partition coefficient (Wildman–Crippen LogP) is 1.53. The molecule has 1 aromatic rings. The number of hydrogen-bond donors (Lipinski definition) is 1. The van der Waals surface area contributed by atoms with E-state index in [4.69, 9.17) is 0 Å². The van der Waals surface area contributed by atoms with Crippen molar-refractivity contribution >= 4 is 14.1 Å². The fraction of sp³-hybridized carbons (Fsp3) is 0.538. The zero-order valence-corrected chi connectivity index (χ0v) is 11.9. The van der Waals surface area contributed by atoms with Gasteiger partial charge in [-0.25, -0.2) is 0 Å². The van der Waals surface area contributed by atoms with Gasteiger partial charge in [0.1, 0.15) is 8.96 Å². The summed E-state index contributed by atoms with van der Waals surface area (Å²) in [4.78, 5) is 6.18. The Morgan fingerprint density at radius 2 is 1.69 bits per heavy atom. The highest BCUT2D eigenvalue weighted by Crippen LogP contribution is 1.92. The Labute approximate surface area is 101 Å². The molecule has 0 heterocycles. The van der Waals surface area contributed by atoms with E-state index in [1.165, 1.54) is 11.2 Å². The third kappa shape index (κ3) is 4.08. The van der Waals surface area contributed by atoms with Crippen LogP contribution < -0.4 is 10.2 Å². The van der Waals surface area contributed by atoms with Gasteiger partial charge >= 0.3 is 0 Å². The van der Waals surface area contributed by atoms with Gasteiger partial charge in [0, 0.05) is 6.67 Å². The number of nitrogens with one attached hydrogen (secondary N) is 1. The predicted molar refractivity (Wildman–Crippen MR) is 74.6 cm³/mol. The normalized spacial score (nSPS) is 13.0. The van der Waals surface area contributed by atoms with E-state index in [1.807, 2.05) is 0 Å². The first-order valence-electron chi connectivity index (χ1n) is 6.32. The molecule has 0 bridgehead atoms. The molecule has 0 aliphatic carbocycles. The summed E-state index contributed by atoms with van der Waals surface area (Å²) in [7, 11) is -0.947. The molecule has 90 valence electrons. The van der Waals surface area contributed by atoms with Gasteiger partial charge in [-0.1, -0.05) is 51.1 Å². The average Bonchev–Trinajstić information content (AvgIpc) is 2.36. The highest BCUT2D eigenvalue weighted by Gasteiger charge is 2.11. The van der Waals surface area contributed by atoms with E-state index in [9.17, 15) is 0 Å². The molecule has 2 nitrogen and oxygen atoms in total. The zero-order chi connectivity index (χ0) is 11.8. The molecule has 0 aliphatic heterocycles. The summed E-state index contributed by atoms with van der Waals surface area (Å²) >= 11 is 0. The summed E-state index contributed by atoms with van der Waals surface area (Å²) in [5.74, 6) is 0. The van der Waals surface area contributed by atoms with Crippen LogP contribution in [0.5, 0.6) is 0 Å². The minimum Gasteiger partial charge on any atom is -0.324 e. The minimum absolute atomic E-state index is 0.947. The number of hydrogen-bond acceptors (Lipinski definition) is 2. The molecule has 0 amide bonds. The lowest BCUT2D eigenvalue weighted by Crippen LogP contribution is -2.49. The second kappa shape index (κ2) is 7.60. The van der Waals surface area contributed by atoms with Crippen LogP contribution in [-0.4, -0.2) is 33.6 Å². The molecule has 0 aromatic heterocycles. The number of nitrogens with zero attached hydrogens (tertiary/aromatic N) is 1. The molecule has 0 saturated heterocycles. The van der Waals surface area contributed by atoms with Crippen LogP contribution in [0.3, 0.4) is 0 Å². The molecule has 0 spiro atoms. The Bertz CT molecular complexity index is 273. The highest BCUT2D eigenvalue weighted by molar-refractivity contribution is 6.70. The Morgan fingerprint density at radius 3 is 2.19 bits per heavy atom. The largest absolute Gasteiger partial charge is 0.324 e. The Hall–Kier alpha value is -0.643. The van der Waals surface area contributed by atoms with Crippen molar-refractivity contribution in [2.75, 3.05) is 19.8 Å². The first-order chi connectivity index (χ1) is 7.81. The SMILES string of the molecule is CCN(CC)CN[SiH](CC)c1ccccc1. The molecule has 1 aromatic carbocycles. The molecule has 1 atom stereocenters. The monoisotopic (exact) mass is 236 g/mol. The number of rotatable bonds is 7. The minimum atomic E-state index is -0.947. The molecule has 1 unspecified atom stereocenters. The van der Waals surface area contributed by atoms with Gasteiger partial charge < -0.3 is 4.98 Å². The lowest BCUT2D eigenvalue weighted by Gasteiger charge is -2.23. The van der Waals surface area contributed by atoms with Crippen LogP contribution in [0.1, 0.15) is 20.8 Å². The first-order valence-corrected chi connectivity index (χ1v) is 8.29. The van der Waals surface area contributed by atoms with Crippen molar-refractivity contribution in [1.29, 1.82) is 0 Å². The van der Waals surface area contributed by atoms with Crippen molar-refractivity contribution in [2.45, 2.75) is 26.8 Å². The Kier molecular flexibility index (Phi) is 6.38. The van der Waals surface area contributed by atoms with Crippen LogP contribution in [-0.2, 0) is 0 Å². The van der Waals surface area contributed by atoms with Crippen molar-refractivity contribution in [2.24, 2.45) is 0 Å². The van der Waals surface area contributed by atoms with Gasteiger partial charge in [-0.3, -0.25) is 4.90 Å². The van der Waals surface area contributed by atoms with Gasteiger partial charge in [-0.2, -0.15) is 0 Å². The summed E-state index contributed by atoms with van der Waals surface area (Å²) < 4.78 is 0. The zero-order valence-electron chi connectivity index (χ0n) is 10.7. The summed E-state index contributed by atoms with van der Waals surface area (Å²) in [6, 6.07) is 12.2. The standard InChI is InChI=1S/C13H24N2Si/c1-4-15(5-2)12-14-16(6-3)13-10-8-7-9-11-13/h7-11,14,16H,4-6,12H2,1-3H3. The van der Waals surface area contributed by atoms with E-state index in [2.05, 4.69) is 61.0 Å². The van der Waals surface area contributed by atoms with E-state index in [1.54, 1.807) is 0 Å². The highest BCUT2D eigenvalue weighted by atomic mass is 28.3. The third-order valence-electron chi connectivity index (χ3n) is 3.07. The molecule has 1 N–H and O–H groups in total. The van der Waals surface area contributed by atoms with Gasteiger partial charge in [0.05, 0.1) is 0 Å². The summed E-state index contributed by atoms with van der Waals surface area (Å²) in [5.41, 5.74) is 0.